The summed E-state index contributed by atoms with van der Waals surface area (Å²) in [7, 11) is 0. The van der Waals surface area contributed by atoms with Crippen molar-refractivity contribution >= 4 is 22.7 Å². The van der Waals surface area contributed by atoms with Crippen LogP contribution in [-0.2, 0) is 0 Å². The minimum Gasteiger partial charge on any atom is -0.358 e. The number of H-pyrrole nitrogens is 1. The molecule has 5 nitrogen and oxygen atoms in total. The van der Waals surface area contributed by atoms with Crippen molar-refractivity contribution in [1.82, 2.24) is 14.8 Å². The Balaban J connectivity index is 1.45. The molecule has 0 atom stereocenters. The SMILES string of the molecule is Cc1[nH]c2ccc(C(=O)N3CCN(C(=O)c4cccc(F)c4)CC3)cc2c1C. The molecule has 0 radical (unpaired) electrons. The van der Waals surface area contributed by atoms with Crippen molar-refractivity contribution in [2.75, 3.05) is 26.2 Å². The number of fused-ring (bicyclic) bond motifs is 1. The zero-order chi connectivity index (χ0) is 19.8. The van der Waals surface area contributed by atoms with Crippen molar-refractivity contribution in [3.63, 3.8) is 0 Å². The molecule has 1 aromatic heterocycles. The van der Waals surface area contributed by atoms with Crippen LogP contribution in [-0.4, -0.2) is 52.8 Å². The standard InChI is InChI=1S/C22H22FN3O2/c1-14-15(2)24-20-7-6-17(13-19(14)20)22(28)26-10-8-25(9-11-26)21(27)16-4-3-5-18(23)12-16/h3-7,12-13,24H,8-11H2,1-2H3. The largest absolute Gasteiger partial charge is 0.358 e. The van der Waals surface area contributed by atoms with Crippen molar-refractivity contribution in [3.8, 4) is 0 Å². The summed E-state index contributed by atoms with van der Waals surface area (Å²) in [6.07, 6.45) is 0. The van der Waals surface area contributed by atoms with Gasteiger partial charge in [-0.3, -0.25) is 9.59 Å². The van der Waals surface area contributed by atoms with Crippen LogP contribution in [0.3, 0.4) is 0 Å². The monoisotopic (exact) mass is 379 g/mol. The quantitative estimate of drug-likeness (QED) is 0.741. The van der Waals surface area contributed by atoms with Crippen LogP contribution in [0.1, 0.15) is 32.0 Å². The number of amides is 2. The zero-order valence-electron chi connectivity index (χ0n) is 16.0. The fourth-order valence-corrected chi connectivity index (χ4v) is 3.69. The molecule has 0 bridgehead atoms. The summed E-state index contributed by atoms with van der Waals surface area (Å²) in [5.41, 5.74) is 4.26. The number of halogens is 1. The Morgan fingerprint density at radius 2 is 1.50 bits per heavy atom. The molecule has 2 aromatic carbocycles. The highest BCUT2D eigenvalue weighted by atomic mass is 19.1. The molecule has 0 saturated carbocycles. The normalized spacial score (nSPS) is 14.5. The number of aromatic amines is 1. The highest BCUT2D eigenvalue weighted by Gasteiger charge is 2.26. The Morgan fingerprint density at radius 3 is 2.11 bits per heavy atom. The summed E-state index contributed by atoms with van der Waals surface area (Å²) in [6.45, 7) is 5.86. The molecule has 1 aliphatic heterocycles. The molecule has 3 aromatic rings. The molecule has 0 spiro atoms. The maximum Gasteiger partial charge on any atom is 0.254 e. The Labute approximate surface area is 162 Å². The molecule has 1 aliphatic rings. The Kier molecular flexibility index (Phi) is 4.63. The summed E-state index contributed by atoms with van der Waals surface area (Å²) in [5.74, 6) is -0.658. The van der Waals surface area contributed by atoms with Crippen LogP contribution < -0.4 is 0 Å². The van der Waals surface area contributed by atoms with Gasteiger partial charge in [-0.25, -0.2) is 4.39 Å². The predicted molar refractivity (Wildman–Crippen MR) is 106 cm³/mol. The first-order valence-corrected chi connectivity index (χ1v) is 9.37. The molecular formula is C22H22FN3O2. The third-order valence-electron chi connectivity index (χ3n) is 5.48. The van der Waals surface area contributed by atoms with Gasteiger partial charge in [-0.1, -0.05) is 6.07 Å². The van der Waals surface area contributed by atoms with E-state index in [9.17, 15) is 14.0 Å². The van der Waals surface area contributed by atoms with Gasteiger partial charge < -0.3 is 14.8 Å². The van der Waals surface area contributed by atoms with Crippen LogP contribution in [0.4, 0.5) is 4.39 Å². The summed E-state index contributed by atoms with van der Waals surface area (Å²) in [6, 6.07) is 11.4. The van der Waals surface area contributed by atoms with E-state index in [4.69, 9.17) is 0 Å². The lowest BCUT2D eigenvalue weighted by molar-refractivity contribution is 0.0535. The lowest BCUT2D eigenvalue weighted by Crippen LogP contribution is -2.50. The first-order valence-electron chi connectivity index (χ1n) is 9.37. The number of benzene rings is 2. The second-order valence-electron chi connectivity index (χ2n) is 7.23. The first kappa shape index (κ1) is 18.2. The number of aromatic nitrogens is 1. The Hall–Kier alpha value is -3.15. The summed E-state index contributed by atoms with van der Waals surface area (Å²) >= 11 is 0. The van der Waals surface area contributed by atoms with E-state index in [-0.39, 0.29) is 11.8 Å². The average Bonchev–Trinajstić information content (AvgIpc) is 3.00. The molecule has 2 amide bonds. The first-order chi connectivity index (χ1) is 13.4. The van der Waals surface area contributed by atoms with Gasteiger partial charge in [0.1, 0.15) is 5.82 Å². The number of nitrogens with zero attached hydrogens (tertiary/aromatic N) is 2. The molecule has 1 saturated heterocycles. The molecule has 0 unspecified atom stereocenters. The van der Waals surface area contributed by atoms with Crippen molar-refractivity contribution in [3.05, 3.63) is 70.7 Å². The molecule has 144 valence electrons. The van der Waals surface area contributed by atoms with Crippen LogP contribution in [0.2, 0.25) is 0 Å². The van der Waals surface area contributed by atoms with Gasteiger partial charge in [0, 0.05) is 53.9 Å². The number of hydrogen-bond donors (Lipinski definition) is 1. The van der Waals surface area contributed by atoms with E-state index < -0.39 is 5.82 Å². The highest BCUT2D eigenvalue weighted by molar-refractivity contribution is 5.99. The second kappa shape index (κ2) is 7.11. The van der Waals surface area contributed by atoms with Gasteiger partial charge in [-0.05, 0) is 55.8 Å². The Bertz CT molecular complexity index is 1060. The number of rotatable bonds is 2. The topological polar surface area (TPSA) is 56.4 Å². The highest BCUT2D eigenvalue weighted by Crippen LogP contribution is 2.23. The van der Waals surface area contributed by atoms with Crippen molar-refractivity contribution in [2.24, 2.45) is 0 Å². The fraction of sp³-hybridized carbons (Fsp3) is 0.273. The van der Waals surface area contributed by atoms with E-state index >= 15 is 0 Å². The van der Waals surface area contributed by atoms with Crippen LogP contribution in [0.25, 0.3) is 10.9 Å². The van der Waals surface area contributed by atoms with E-state index in [1.54, 1.807) is 15.9 Å². The van der Waals surface area contributed by atoms with Crippen LogP contribution in [0.15, 0.2) is 42.5 Å². The van der Waals surface area contributed by atoms with Crippen LogP contribution in [0, 0.1) is 19.7 Å². The molecule has 0 aliphatic carbocycles. The second-order valence-corrected chi connectivity index (χ2v) is 7.23. The number of nitrogens with one attached hydrogen (secondary N) is 1. The summed E-state index contributed by atoms with van der Waals surface area (Å²) in [5, 5.41) is 1.06. The van der Waals surface area contributed by atoms with E-state index in [2.05, 4.69) is 4.98 Å². The maximum absolute atomic E-state index is 13.4. The molecule has 1 fully saturated rings. The number of hydrogen-bond acceptors (Lipinski definition) is 2. The minimum atomic E-state index is -0.426. The van der Waals surface area contributed by atoms with Crippen molar-refractivity contribution < 1.29 is 14.0 Å². The van der Waals surface area contributed by atoms with Gasteiger partial charge in [0.2, 0.25) is 0 Å². The van der Waals surface area contributed by atoms with Crippen molar-refractivity contribution in [2.45, 2.75) is 13.8 Å². The summed E-state index contributed by atoms with van der Waals surface area (Å²) in [4.78, 5) is 32.2. The number of piperazine rings is 1. The number of carbonyl (C=O) groups excluding carboxylic acids is 2. The van der Waals surface area contributed by atoms with Crippen LogP contribution in [0.5, 0.6) is 0 Å². The molecule has 1 N–H and O–H groups in total. The van der Waals surface area contributed by atoms with Gasteiger partial charge in [-0.15, -0.1) is 0 Å². The zero-order valence-corrected chi connectivity index (χ0v) is 16.0. The molecule has 2 heterocycles. The average molecular weight is 379 g/mol. The molecule has 6 heteroatoms. The van der Waals surface area contributed by atoms with Crippen molar-refractivity contribution in [1.29, 1.82) is 0 Å². The fourth-order valence-electron chi connectivity index (χ4n) is 3.69. The van der Waals surface area contributed by atoms with Gasteiger partial charge in [0.05, 0.1) is 0 Å². The van der Waals surface area contributed by atoms with Gasteiger partial charge in [0.15, 0.2) is 0 Å². The third kappa shape index (κ3) is 3.26. The van der Waals surface area contributed by atoms with E-state index in [1.807, 2.05) is 32.0 Å². The minimum absolute atomic E-state index is 0.0296. The van der Waals surface area contributed by atoms with E-state index in [0.29, 0.717) is 37.3 Å². The third-order valence-corrected chi connectivity index (χ3v) is 5.48. The summed E-state index contributed by atoms with van der Waals surface area (Å²) < 4.78 is 13.4. The molecular weight excluding hydrogens is 357 g/mol. The molecule has 4 rings (SSSR count). The van der Waals surface area contributed by atoms with Crippen LogP contribution >= 0.6 is 0 Å². The lowest BCUT2D eigenvalue weighted by Gasteiger charge is -2.35. The van der Waals surface area contributed by atoms with Gasteiger partial charge in [0.25, 0.3) is 11.8 Å². The smallest absolute Gasteiger partial charge is 0.254 e. The predicted octanol–water partition coefficient (Wildman–Crippen LogP) is 3.52. The number of aryl methyl sites for hydroxylation is 2. The maximum atomic E-state index is 13.4. The van der Waals surface area contributed by atoms with E-state index in [0.717, 1.165) is 22.2 Å². The Morgan fingerprint density at radius 1 is 0.893 bits per heavy atom. The van der Waals surface area contributed by atoms with Gasteiger partial charge >= 0.3 is 0 Å². The molecule has 28 heavy (non-hydrogen) atoms. The number of carbonyl (C=O) groups is 2. The lowest BCUT2D eigenvalue weighted by atomic mass is 10.1. The van der Waals surface area contributed by atoms with Gasteiger partial charge in [-0.2, -0.15) is 0 Å². The van der Waals surface area contributed by atoms with E-state index in [1.165, 1.54) is 18.2 Å².